The second kappa shape index (κ2) is 14.9. The standard InChI is InChI=1S/C42H32BrFN4O8/c1-54-37-18-31-34(45-21-46-40(31)47-33-9-3-24(43)15-32(33)44)19-38(37)55-20-22-10-12-48(13-11-22)41(51)23-2-6-27(42(52)53)30(14-23)39-28-7-4-25(49)16-35(28)56-36-17-26(50)5-8-29(36)39/h2-9,14-19,21-22,49H,10-13,20H2,1H3,(H,52,53)(H,45,46,47). The summed E-state index contributed by atoms with van der Waals surface area (Å²) in [6, 6.07) is 21.4. The third kappa shape index (κ3) is 7.06. The molecule has 5 aromatic rings. The lowest BCUT2D eigenvalue weighted by atomic mass is 9.89. The maximum atomic E-state index is 14.6. The van der Waals surface area contributed by atoms with Crippen LogP contribution in [0.2, 0.25) is 0 Å². The molecule has 1 saturated heterocycles. The molecule has 0 bridgehead atoms. The molecule has 1 fully saturated rings. The Hall–Kier alpha value is -6.54. The molecule has 0 atom stereocenters. The van der Waals surface area contributed by atoms with Crippen molar-refractivity contribution in [3.05, 3.63) is 123 Å². The number of anilines is 2. The zero-order valence-electron chi connectivity index (χ0n) is 29.7. The average Bonchev–Trinajstić information content (AvgIpc) is 3.19. The summed E-state index contributed by atoms with van der Waals surface area (Å²) in [7, 11) is 1.53. The Bertz CT molecular complexity index is 2710. The first kappa shape index (κ1) is 36.4. The van der Waals surface area contributed by atoms with Crippen molar-refractivity contribution in [1.82, 2.24) is 14.9 Å². The van der Waals surface area contributed by atoms with E-state index >= 15 is 0 Å². The lowest BCUT2D eigenvalue weighted by molar-refractivity contribution is 0.0656. The highest BCUT2D eigenvalue weighted by Gasteiger charge is 2.28. The summed E-state index contributed by atoms with van der Waals surface area (Å²) in [5.41, 5.74) is 2.28. The SMILES string of the molecule is COc1cc2c(Nc3ccc(Br)cc3F)ncnc2cc1OCC1CCN(C(=O)c2ccc(C(=O)O)c(-c3c4ccc(=O)cc-4oc4cc(O)ccc34)c2)CC1. The molecule has 3 heterocycles. The largest absolute Gasteiger partial charge is 0.508 e. The van der Waals surface area contributed by atoms with Crippen LogP contribution in [0, 0.1) is 11.7 Å². The van der Waals surface area contributed by atoms with Crippen molar-refractivity contribution in [2.45, 2.75) is 12.8 Å². The van der Waals surface area contributed by atoms with Gasteiger partial charge in [0.2, 0.25) is 0 Å². The lowest BCUT2D eigenvalue weighted by Gasteiger charge is -2.32. The van der Waals surface area contributed by atoms with Crippen molar-refractivity contribution in [2.24, 2.45) is 5.92 Å². The van der Waals surface area contributed by atoms with E-state index < -0.39 is 11.8 Å². The lowest BCUT2D eigenvalue weighted by Crippen LogP contribution is -2.39. The molecule has 12 nitrogen and oxygen atoms in total. The number of likely N-dealkylation sites (tertiary alicyclic amines) is 1. The van der Waals surface area contributed by atoms with Gasteiger partial charge < -0.3 is 34.3 Å². The summed E-state index contributed by atoms with van der Waals surface area (Å²) in [4.78, 5) is 49.2. The van der Waals surface area contributed by atoms with E-state index in [1.54, 1.807) is 47.4 Å². The van der Waals surface area contributed by atoms with E-state index in [9.17, 15) is 29.0 Å². The number of hydrogen-bond acceptors (Lipinski definition) is 10. The van der Waals surface area contributed by atoms with Gasteiger partial charge >= 0.3 is 5.97 Å². The topological polar surface area (TPSA) is 164 Å². The molecule has 3 aliphatic rings. The number of nitrogens with zero attached hydrogens (tertiary/aromatic N) is 3. The van der Waals surface area contributed by atoms with E-state index in [2.05, 4.69) is 31.2 Å². The van der Waals surface area contributed by atoms with Gasteiger partial charge in [0.05, 0.1) is 30.5 Å². The van der Waals surface area contributed by atoms with Crippen molar-refractivity contribution in [2.75, 3.05) is 32.1 Å². The third-order valence-electron chi connectivity index (χ3n) is 9.92. The number of carbonyl (C=O) groups excluding carboxylic acids is 1. The number of aromatic carboxylic acids is 1. The highest BCUT2D eigenvalue weighted by atomic mass is 79.9. The predicted molar refractivity (Wildman–Crippen MR) is 211 cm³/mol. The zero-order valence-corrected chi connectivity index (χ0v) is 31.3. The van der Waals surface area contributed by atoms with Crippen LogP contribution in [0.25, 0.3) is 44.3 Å². The van der Waals surface area contributed by atoms with Gasteiger partial charge in [0.15, 0.2) is 16.9 Å². The highest BCUT2D eigenvalue weighted by Crippen LogP contribution is 2.43. The van der Waals surface area contributed by atoms with E-state index in [0.717, 1.165) is 0 Å². The quantitative estimate of drug-likeness (QED) is 0.120. The molecule has 0 saturated carbocycles. The second-order valence-electron chi connectivity index (χ2n) is 13.4. The first-order chi connectivity index (χ1) is 27.1. The smallest absolute Gasteiger partial charge is 0.336 e. The van der Waals surface area contributed by atoms with Crippen LogP contribution in [-0.2, 0) is 0 Å². The average molecular weight is 820 g/mol. The number of nitrogens with one attached hydrogen (secondary N) is 1. The molecule has 0 unspecified atom stereocenters. The number of carbonyl (C=O) groups is 2. The fourth-order valence-electron chi connectivity index (χ4n) is 7.07. The summed E-state index contributed by atoms with van der Waals surface area (Å²) in [6.45, 7) is 1.27. The monoisotopic (exact) mass is 818 g/mol. The number of phenols is 1. The molecule has 4 aromatic carbocycles. The minimum Gasteiger partial charge on any atom is -0.508 e. The molecule has 2 aliphatic heterocycles. The Labute approximate surface area is 326 Å². The summed E-state index contributed by atoms with van der Waals surface area (Å²) in [6.07, 6.45) is 2.71. The Morgan fingerprint density at radius 3 is 2.54 bits per heavy atom. The van der Waals surface area contributed by atoms with Crippen LogP contribution in [0.15, 0.2) is 105 Å². The van der Waals surface area contributed by atoms with Crippen LogP contribution in [-0.4, -0.2) is 63.8 Å². The van der Waals surface area contributed by atoms with Crippen molar-refractivity contribution < 1.29 is 38.1 Å². The van der Waals surface area contributed by atoms with Crippen molar-refractivity contribution >= 4 is 61.2 Å². The number of halogens is 2. The summed E-state index contributed by atoms with van der Waals surface area (Å²) < 4.78 is 33.0. The number of hydrogen-bond donors (Lipinski definition) is 3. The molecule has 8 rings (SSSR count). The van der Waals surface area contributed by atoms with Crippen LogP contribution in [0.4, 0.5) is 15.9 Å². The van der Waals surface area contributed by atoms with Crippen LogP contribution in [0.3, 0.4) is 0 Å². The fraction of sp³-hybridized carbons (Fsp3) is 0.167. The predicted octanol–water partition coefficient (Wildman–Crippen LogP) is 8.50. The Balaban J connectivity index is 0.996. The maximum Gasteiger partial charge on any atom is 0.336 e. The number of carboxylic acid groups (broad SMARTS) is 1. The normalized spacial score (nSPS) is 13.3. The molecular weight excluding hydrogens is 787 g/mol. The molecule has 3 N–H and O–H groups in total. The van der Waals surface area contributed by atoms with E-state index in [4.69, 9.17) is 13.9 Å². The number of piperidine rings is 1. The number of phenolic OH excluding ortho intramolecular Hbond substituents is 1. The van der Waals surface area contributed by atoms with Gasteiger partial charge in [-0.3, -0.25) is 9.59 Å². The number of methoxy groups -OCH3 is 1. The third-order valence-corrected chi connectivity index (χ3v) is 10.4. The van der Waals surface area contributed by atoms with Crippen LogP contribution < -0.4 is 20.2 Å². The minimum absolute atomic E-state index is 0.0351. The highest BCUT2D eigenvalue weighted by molar-refractivity contribution is 9.10. The summed E-state index contributed by atoms with van der Waals surface area (Å²) in [5.74, 6) is -0.261. The minimum atomic E-state index is -1.19. The van der Waals surface area contributed by atoms with Crippen molar-refractivity contribution in [1.29, 1.82) is 0 Å². The Morgan fingerprint density at radius 1 is 0.946 bits per heavy atom. The zero-order chi connectivity index (χ0) is 39.1. The Morgan fingerprint density at radius 2 is 1.77 bits per heavy atom. The fourth-order valence-corrected chi connectivity index (χ4v) is 7.40. The molecule has 14 heteroatoms. The van der Waals surface area contributed by atoms with Gasteiger partial charge in [-0.25, -0.2) is 19.2 Å². The number of rotatable bonds is 9. The van der Waals surface area contributed by atoms with Crippen LogP contribution in [0.1, 0.15) is 33.6 Å². The number of aromatic hydroxyl groups is 1. The first-order valence-corrected chi connectivity index (χ1v) is 18.4. The number of benzene rings is 5. The van der Waals surface area contributed by atoms with Gasteiger partial charge in [-0.2, -0.15) is 0 Å². The number of amides is 1. The summed E-state index contributed by atoms with van der Waals surface area (Å²) in [5, 5.41) is 24.5. The number of carboxylic acids is 1. The van der Waals surface area contributed by atoms with Crippen molar-refractivity contribution in [3.8, 4) is 39.7 Å². The molecule has 56 heavy (non-hydrogen) atoms. The van der Waals surface area contributed by atoms with Crippen LogP contribution >= 0.6 is 15.9 Å². The van der Waals surface area contributed by atoms with Crippen molar-refractivity contribution in [3.63, 3.8) is 0 Å². The van der Waals surface area contributed by atoms with E-state index in [1.165, 1.54) is 55.9 Å². The molecule has 0 spiro atoms. The van der Waals surface area contributed by atoms with Gasteiger partial charge in [-0.1, -0.05) is 15.9 Å². The van der Waals surface area contributed by atoms with Crippen LogP contribution in [0.5, 0.6) is 17.2 Å². The summed E-state index contributed by atoms with van der Waals surface area (Å²) >= 11 is 3.27. The van der Waals surface area contributed by atoms with E-state index in [-0.39, 0.29) is 51.2 Å². The number of fused-ring (bicyclic) bond motifs is 3. The van der Waals surface area contributed by atoms with E-state index in [0.29, 0.717) is 87.3 Å². The molecule has 282 valence electrons. The van der Waals surface area contributed by atoms with Gasteiger partial charge in [-0.05, 0) is 91.1 Å². The molecule has 0 radical (unpaired) electrons. The van der Waals surface area contributed by atoms with E-state index in [1.807, 2.05) is 0 Å². The number of ether oxygens (including phenoxy) is 2. The maximum absolute atomic E-state index is 14.6. The molecular formula is C42H32BrFN4O8. The molecule has 1 amide bonds. The van der Waals surface area contributed by atoms with Gasteiger partial charge in [0.1, 0.15) is 35.1 Å². The number of aromatic nitrogens is 2. The first-order valence-electron chi connectivity index (χ1n) is 17.6. The van der Waals surface area contributed by atoms with Gasteiger partial charge in [-0.15, -0.1) is 0 Å². The molecule has 1 aliphatic carbocycles. The second-order valence-corrected chi connectivity index (χ2v) is 14.3. The Kier molecular flexibility index (Phi) is 9.72. The molecule has 1 aromatic heterocycles. The van der Waals surface area contributed by atoms with Gasteiger partial charge in [0, 0.05) is 63.2 Å². The van der Waals surface area contributed by atoms with Gasteiger partial charge in [0.25, 0.3) is 5.91 Å².